The normalized spacial score (nSPS) is 10.6. The van der Waals surface area contributed by atoms with Gasteiger partial charge in [0.2, 0.25) is 0 Å². The van der Waals surface area contributed by atoms with Crippen LogP contribution in [-0.4, -0.2) is 0 Å². The minimum atomic E-state index is 0. The van der Waals surface area contributed by atoms with Crippen LogP contribution in [0.15, 0.2) is 0 Å². The summed E-state index contributed by atoms with van der Waals surface area (Å²) in [6.45, 7) is 31.1. The van der Waals surface area contributed by atoms with E-state index in [1.54, 1.807) is 0 Å². The van der Waals surface area contributed by atoms with Crippen LogP contribution in [0.5, 0.6) is 0 Å². The van der Waals surface area contributed by atoms with Crippen LogP contribution in [0.3, 0.4) is 0 Å². The predicted octanol–water partition coefficient (Wildman–Crippen LogP) is 9.73. The molecule has 0 radical (unpaired) electrons. The van der Waals surface area contributed by atoms with Crippen LogP contribution in [-0.2, 0) is 0 Å². The van der Waals surface area contributed by atoms with Crippen molar-refractivity contribution in [3.8, 4) is 0 Å². The monoisotopic (exact) mass is 322 g/mol. The minimum absolute atomic E-state index is 0. The largest absolute Gasteiger partial charge is 0.0776 e. The molecule has 0 aliphatic heterocycles. The van der Waals surface area contributed by atoms with E-state index in [-0.39, 0.29) is 29.7 Å². The van der Waals surface area contributed by atoms with Gasteiger partial charge in [0.05, 0.1) is 0 Å². The third-order valence-electron chi connectivity index (χ3n) is 2.25. The molecule has 0 atom stereocenters. The highest BCUT2D eigenvalue weighted by molar-refractivity contribution is 4.77. The highest BCUT2D eigenvalue weighted by atomic mass is 14.3. The summed E-state index contributed by atoms with van der Waals surface area (Å²) >= 11 is 0. The molecule has 0 aromatic heterocycles. The predicted molar refractivity (Wildman–Crippen MR) is 116 cm³/mol. The molecule has 0 aliphatic carbocycles. The van der Waals surface area contributed by atoms with E-state index in [0.29, 0.717) is 21.7 Å². The van der Waals surface area contributed by atoms with Gasteiger partial charge in [0.1, 0.15) is 0 Å². The van der Waals surface area contributed by atoms with E-state index in [9.17, 15) is 0 Å². The van der Waals surface area contributed by atoms with Crippen molar-refractivity contribution in [3.05, 3.63) is 0 Å². The summed E-state index contributed by atoms with van der Waals surface area (Å²) in [7, 11) is 0. The van der Waals surface area contributed by atoms with Gasteiger partial charge in [-0.25, -0.2) is 0 Å². The van der Waals surface area contributed by atoms with Gasteiger partial charge in [0.25, 0.3) is 0 Å². The second-order valence-corrected chi connectivity index (χ2v) is 10.5. The van der Waals surface area contributed by atoms with Crippen molar-refractivity contribution in [1.82, 2.24) is 0 Å². The molecule has 0 unspecified atom stereocenters. The molecule has 0 spiro atoms. The van der Waals surface area contributed by atoms with Crippen LogP contribution in [0.4, 0.5) is 0 Å². The lowest BCUT2D eigenvalue weighted by atomic mass is 9.71. The van der Waals surface area contributed by atoms with Crippen molar-refractivity contribution in [3.63, 3.8) is 0 Å². The maximum atomic E-state index is 2.27. The third-order valence-corrected chi connectivity index (χ3v) is 2.25. The maximum absolute atomic E-state index is 2.27. The van der Waals surface area contributed by atoms with E-state index in [1.165, 1.54) is 0 Å². The molecule has 22 heavy (non-hydrogen) atoms. The van der Waals surface area contributed by atoms with Gasteiger partial charge in [-0.05, 0) is 21.7 Å². The summed E-state index contributed by atoms with van der Waals surface area (Å²) in [5, 5.41) is 0. The number of rotatable bonds is 0. The molecular formula is C22H58. The van der Waals surface area contributed by atoms with E-state index >= 15 is 0 Å². The fraction of sp³-hybridized carbons (Fsp3) is 1.00. The van der Waals surface area contributed by atoms with Gasteiger partial charge in [-0.3, -0.25) is 0 Å². The molecule has 0 aliphatic rings. The summed E-state index contributed by atoms with van der Waals surface area (Å²) < 4.78 is 0. The van der Waals surface area contributed by atoms with Gasteiger partial charge in [0, 0.05) is 0 Å². The Morgan fingerprint density at radius 2 is 0.318 bits per heavy atom. The molecule has 0 rings (SSSR count). The first kappa shape index (κ1) is 43.1. The van der Waals surface area contributed by atoms with Crippen molar-refractivity contribution >= 4 is 0 Å². The zero-order valence-corrected chi connectivity index (χ0v) is 16.0. The highest BCUT2D eigenvalue weighted by Gasteiger charge is 2.26. The summed E-state index contributed by atoms with van der Waals surface area (Å²) in [5.41, 5.74) is 1.88. The Morgan fingerprint density at radius 3 is 0.318 bits per heavy atom. The van der Waals surface area contributed by atoms with Gasteiger partial charge in [-0.1, -0.05) is 127 Å². The van der Waals surface area contributed by atoms with Crippen molar-refractivity contribution in [2.24, 2.45) is 21.7 Å². The van der Waals surface area contributed by atoms with Crippen LogP contribution in [0, 0.1) is 21.7 Å². The SMILES string of the molecule is C.C.C.C.CC(C)(C)C.CC(C)(C)C.CC(C)(C)C(C)(C)C. The topological polar surface area (TPSA) is 0 Å². The van der Waals surface area contributed by atoms with Crippen molar-refractivity contribution in [2.75, 3.05) is 0 Å². The van der Waals surface area contributed by atoms with Crippen LogP contribution >= 0.6 is 0 Å². The fourth-order valence-electron chi connectivity index (χ4n) is 0. The third kappa shape index (κ3) is 89.1. The Hall–Kier alpha value is 0. The first-order chi connectivity index (χ1) is 7.25. The molecule has 0 amide bonds. The summed E-state index contributed by atoms with van der Waals surface area (Å²) in [6.07, 6.45) is 0. The first-order valence-electron chi connectivity index (χ1n) is 7.25. The van der Waals surface area contributed by atoms with E-state index in [4.69, 9.17) is 0 Å². The maximum Gasteiger partial charge on any atom is -0.0334 e. The number of hydrogen-bond acceptors (Lipinski definition) is 0. The van der Waals surface area contributed by atoms with Crippen molar-refractivity contribution < 1.29 is 0 Å². The lowest BCUT2D eigenvalue weighted by Crippen LogP contribution is -2.25. The molecule has 0 saturated heterocycles. The zero-order valence-electron chi connectivity index (χ0n) is 16.0. The van der Waals surface area contributed by atoms with Gasteiger partial charge in [-0.15, -0.1) is 0 Å². The first-order valence-corrected chi connectivity index (χ1v) is 7.25. The fourth-order valence-corrected chi connectivity index (χ4v) is 0. The van der Waals surface area contributed by atoms with Crippen molar-refractivity contribution in [2.45, 2.75) is 127 Å². The van der Waals surface area contributed by atoms with Gasteiger partial charge >= 0.3 is 0 Å². The summed E-state index contributed by atoms with van der Waals surface area (Å²) in [6, 6.07) is 0. The van der Waals surface area contributed by atoms with Gasteiger partial charge < -0.3 is 0 Å². The Bertz CT molecular complexity index is 146. The van der Waals surface area contributed by atoms with Crippen molar-refractivity contribution in [1.29, 1.82) is 0 Å². The van der Waals surface area contributed by atoms with E-state index < -0.39 is 0 Å². The average molecular weight is 323 g/mol. The van der Waals surface area contributed by atoms with Gasteiger partial charge in [0.15, 0.2) is 0 Å². The van der Waals surface area contributed by atoms with Crippen LogP contribution in [0.1, 0.15) is 127 Å². The molecule has 0 saturated carbocycles. The van der Waals surface area contributed by atoms with Crippen LogP contribution < -0.4 is 0 Å². The summed E-state index contributed by atoms with van der Waals surface area (Å²) in [4.78, 5) is 0. The Morgan fingerprint density at radius 1 is 0.273 bits per heavy atom. The standard InChI is InChI=1S/C8H18.2C5H12.4CH4/c1-7(2,3)8(4,5)6;2*1-5(2,3)4;;;;/h1-6H3;2*1-4H3;4*1H4. The number of hydrogen-bond donors (Lipinski definition) is 0. The quantitative estimate of drug-likeness (QED) is 0.416. The molecule has 0 bridgehead atoms. The van der Waals surface area contributed by atoms with E-state index in [2.05, 4.69) is 96.9 Å². The molecule has 0 aromatic carbocycles. The molecule has 0 heterocycles. The van der Waals surface area contributed by atoms with E-state index in [1.807, 2.05) is 0 Å². The molecule has 146 valence electrons. The molecule has 0 heteroatoms. The lowest BCUT2D eigenvalue weighted by Gasteiger charge is -2.34. The Kier molecular flexibility index (Phi) is 28.6. The summed E-state index contributed by atoms with van der Waals surface area (Å²) in [5.74, 6) is 0. The highest BCUT2D eigenvalue weighted by Crippen LogP contribution is 2.36. The zero-order chi connectivity index (χ0) is 16.0. The molecule has 0 fully saturated rings. The van der Waals surface area contributed by atoms with E-state index in [0.717, 1.165) is 0 Å². The Balaban J connectivity index is -0.0000000291. The molecular weight excluding hydrogens is 264 g/mol. The average Bonchev–Trinajstić information content (AvgIpc) is 1.70. The minimum Gasteiger partial charge on any atom is -0.0776 e. The molecule has 0 nitrogen and oxygen atoms in total. The molecule has 0 N–H and O–H groups in total. The Labute approximate surface area is 148 Å². The second kappa shape index (κ2) is 14.6. The van der Waals surface area contributed by atoms with Crippen LogP contribution in [0.25, 0.3) is 0 Å². The van der Waals surface area contributed by atoms with Gasteiger partial charge in [-0.2, -0.15) is 0 Å². The smallest absolute Gasteiger partial charge is 0.0334 e. The second-order valence-electron chi connectivity index (χ2n) is 10.5. The lowest BCUT2D eigenvalue weighted by molar-refractivity contribution is 0.157. The van der Waals surface area contributed by atoms with Crippen LogP contribution in [0.2, 0.25) is 0 Å². The molecule has 0 aromatic rings.